The Morgan fingerprint density at radius 3 is 1.78 bits per heavy atom. The fourth-order valence-electron chi connectivity index (χ4n) is 4.11. The first-order valence-corrected chi connectivity index (χ1v) is 14.2. The van der Waals surface area contributed by atoms with Gasteiger partial charge in [-0.2, -0.15) is 0 Å². The first-order valence-electron chi connectivity index (χ1n) is 14.2. The number of nitrogens with one attached hydrogen (secondary N) is 3. The van der Waals surface area contributed by atoms with Gasteiger partial charge in [-0.3, -0.25) is 33.6 Å². The average Bonchev–Trinajstić information content (AvgIpc) is 3.01. The van der Waals surface area contributed by atoms with Gasteiger partial charge in [0.1, 0.15) is 18.1 Å². The van der Waals surface area contributed by atoms with Crippen LogP contribution in [0.1, 0.15) is 68.3 Å². The predicted molar refractivity (Wildman–Crippen MR) is 156 cm³/mol. The van der Waals surface area contributed by atoms with E-state index >= 15 is 0 Å². The lowest BCUT2D eigenvalue weighted by atomic mass is 9.97. The van der Waals surface area contributed by atoms with Crippen molar-refractivity contribution in [2.75, 3.05) is 7.11 Å². The van der Waals surface area contributed by atoms with E-state index in [4.69, 9.17) is 15.9 Å². The number of methoxy groups -OCH3 is 1. The van der Waals surface area contributed by atoms with E-state index in [-0.39, 0.29) is 37.2 Å². The number of amides is 4. The molecule has 1 aromatic rings. The number of ketones is 1. The molecule has 0 heterocycles. The molecule has 17 heteroatoms. The second-order valence-electron chi connectivity index (χ2n) is 10.5. The summed E-state index contributed by atoms with van der Waals surface area (Å²) in [7, 11) is 0.866. The third-order valence-corrected chi connectivity index (χ3v) is 7.04. The quantitative estimate of drug-likeness (QED) is 0.0340. The first kappa shape index (κ1) is 39.1. The molecule has 254 valence electrons. The van der Waals surface area contributed by atoms with E-state index in [9.17, 15) is 48.6 Å². The van der Waals surface area contributed by atoms with E-state index in [0.717, 1.165) is 7.11 Å². The smallest absolute Gasteiger partial charge is 0.375 e. The summed E-state index contributed by atoms with van der Waals surface area (Å²) >= 11 is 0. The number of carboxylic acids is 2. The molecular weight excluding hydrogens is 612 g/mol. The summed E-state index contributed by atoms with van der Waals surface area (Å²) in [5.41, 5.74) is 5.65. The number of carbonyl (C=O) groups excluding carboxylic acids is 6. The maximum absolute atomic E-state index is 13.1. The van der Waals surface area contributed by atoms with Crippen molar-refractivity contribution in [3.8, 4) is 0 Å². The van der Waals surface area contributed by atoms with Gasteiger partial charge < -0.3 is 46.8 Å². The molecule has 0 saturated carbocycles. The molecule has 0 spiro atoms. The lowest BCUT2D eigenvalue weighted by Crippen LogP contribution is -2.57. The Labute approximate surface area is 263 Å². The molecule has 46 heavy (non-hydrogen) atoms. The molecule has 0 unspecified atom stereocenters. The third-order valence-electron chi connectivity index (χ3n) is 7.04. The molecule has 1 rings (SSSR count). The van der Waals surface area contributed by atoms with Crippen LogP contribution in [0.4, 0.5) is 0 Å². The number of carboxylic acid groups (broad SMARTS) is 2. The van der Waals surface area contributed by atoms with Crippen molar-refractivity contribution in [1.82, 2.24) is 16.0 Å². The molecule has 0 fully saturated rings. The number of hydrogen-bond acceptors (Lipinski definition) is 11. The Hall–Kier alpha value is -4.90. The van der Waals surface area contributed by atoms with Crippen LogP contribution in [0.2, 0.25) is 0 Å². The third kappa shape index (κ3) is 12.2. The minimum absolute atomic E-state index is 0.0573. The van der Waals surface area contributed by atoms with Crippen LogP contribution in [-0.4, -0.2) is 98.8 Å². The summed E-state index contributed by atoms with van der Waals surface area (Å²) in [6, 6.07) is 1.13. The van der Waals surface area contributed by atoms with Crippen LogP contribution in [0.25, 0.3) is 0 Å². The summed E-state index contributed by atoms with van der Waals surface area (Å²) in [5, 5.41) is 44.9. The number of hydrogen-bond donors (Lipinski definition) is 8. The molecule has 0 aromatic heterocycles. The number of aliphatic carboxylic acids is 2. The van der Waals surface area contributed by atoms with Crippen LogP contribution in [-0.2, 0) is 44.7 Å². The van der Waals surface area contributed by atoms with Gasteiger partial charge in [-0.15, -0.1) is 0 Å². The SMILES string of the molecule is CC[C@H](C)[C@H](NC(=O)[C@H](CCC(=O)O)NC(=O)[C@H](CCC(=O)O)NC(=O)CCc1ccc(C(=O)C(O)(O)C(=O)OC)cc1)C(N)=O. The summed E-state index contributed by atoms with van der Waals surface area (Å²) in [6.07, 6.45) is -1.55. The van der Waals surface area contributed by atoms with Gasteiger partial charge in [0.25, 0.3) is 0 Å². The zero-order valence-corrected chi connectivity index (χ0v) is 25.6. The summed E-state index contributed by atoms with van der Waals surface area (Å²) < 4.78 is 4.19. The van der Waals surface area contributed by atoms with Crippen molar-refractivity contribution in [3.05, 3.63) is 35.4 Å². The minimum Gasteiger partial charge on any atom is -0.481 e. The van der Waals surface area contributed by atoms with Gasteiger partial charge in [-0.05, 0) is 30.7 Å². The van der Waals surface area contributed by atoms with Crippen molar-refractivity contribution >= 4 is 47.3 Å². The highest BCUT2D eigenvalue weighted by molar-refractivity contribution is 6.13. The van der Waals surface area contributed by atoms with Crippen LogP contribution >= 0.6 is 0 Å². The number of rotatable bonds is 20. The minimum atomic E-state index is -3.40. The number of aryl methyl sites for hydroxylation is 1. The summed E-state index contributed by atoms with van der Waals surface area (Å²) in [4.78, 5) is 96.8. The number of aliphatic hydroxyl groups is 2. The molecule has 0 aliphatic rings. The Morgan fingerprint density at radius 1 is 0.826 bits per heavy atom. The van der Waals surface area contributed by atoms with E-state index in [2.05, 4.69) is 20.7 Å². The average molecular weight is 653 g/mol. The van der Waals surface area contributed by atoms with Gasteiger partial charge in [-0.1, -0.05) is 44.5 Å². The lowest BCUT2D eigenvalue weighted by Gasteiger charge is -2.26. The number of nitrogens with two attached hydrogens (primary N) is 1. The molecule has 4 amide bonds. The first-order chi connectivity index (χ1) is 21.4. The Balaban J connectivity index is 3.02. The number of carbonyl (C=O) groups is 8. The number of ether oxygens (including phenoxy) is 1. The van der Waals surface area contributed by atoms with E-state index in [0.29, 0.717) is 12.0 Å². The maximum atomic E-state index is 13.1. The molecular formula is C29H40N4O13. The summed E-state index contributed by atoms with van der Waals surface area (Å²) in [6.45, 7) is 3.41. The van der Waals surface area contributed by atoms with E-state index in [1.807, 2.05) is 0 Å². The fraction of sp³-hybridized carbons (Fsp3) is 0.517. The molecule has 0 aliphatic heterocycles. The van der Waals surface area contributed by atoms with Crippen LogP contribution in [0, 0.1) is 5.92 Å². The van der Waals surface area contributed by atoms with Gasteiger partial charge in [-0.25, -0.2) is 4.79 Å². The van der Waals surface area contributed by atoms with Crippen molar-refractivity contribution in [1.29, 1.82) is 0 Å². The molecule has 0 bridgehead atoms. The number of esters is 1. The van der Waals surface area contributed by atoms with E-state index in [1.54, 1.807) is 13.8 Å². The number of primary amides is 1. The molecule has 4 atom stereocenters. The van der Waals surface area contributed by atoms with Crippen LogP contribution in [0.15, 0.2) is 24.3 Å². The molecule has 17 nitrogen and oxygen atoms in total. The van der Waals surface area contributed by atoms with E-state index < -0.39 is 84.1 Å². The Kier molecular flexibility index (Phi) is 15.4. The highest BCUT2D eigenvalue weighted by atomic mass is 16.6. The van der Waals surface area contributed by atoms with Crippen LogP contribution in [0.5, 0.6) is 0 Å². The molecule has 0 radical (unpaired) electrons. The number of benzene rings is 1. The second-order valence-corrected chi connectivity index (χ2v) is 10.5. The molecule has 0 aliphatic carbocycles. The zero-order chi connectivity index (χ0) is 35.2. The zero-order valence-electron chi connectivity index (χ0n) is 25.6. The lowest BCUT2D eigenvalue weighted by molar-refractivity contribution is -0.189. The van der Waals surface area contributed by atoms with Gasteiger partial charge in [0, 0.05) is 24.8 Å². The van der Waals surface area contributed by atoms with E-state index in [1.165, 1.54) is 24.3 Å². The Morgan fingerprint density at radius 2 is 1.33 bits per heavy atom. The highest BCUT2D eigenvalue weighted by Crippen LogP contribution is 2.15. The van der Waals surface area contributed by atoms with Gasteiger partial charge in [0.05, 0.1) is 7.11 Å². The van der Waals surface area contributed by atoms with Crippen molar-refractivity contribution in [2.24, 2.45) is 11.7 Å². The topological polar surface area (TPSA) is 289 Å². The molecule has 0 saturated heterocycles. The van der Waals surface area contributed by atoms with Crippen molar-refractivity contribution in [3.63, 3.8) is 0 Å². The van der Waals surface area contributed by atoms with Gasteiger partial charge in [0.2, 0.25) is 29.4 Å². The van der Waals surface area contributed by atoms with Gasteiger partial charge >= 0.3 is 23.7 Å². The molecule has 9 N–H and O–H groups in total. The largest absolute Gasteiger partial charge is 0.481 e. The van der Waals surface area contributed by atoms with Crippen LogP contribution in [0.3, 0.4) is 0 Å². The second kappa shape index (κ2) is 18.2. The monoisotopic (exact) mass is 652 g/mol. The maximum Gasteiger partial charge on any atom is 0.375 e. The van der Waals surface area contributed by atoms with Crippen molar-refractivity contribution < 1.29 is 63.5 Å². The Bertz CT molecular complexity index is 1300. The van der Waals surface area contributed by atoms with Crippen LogP contribution < -0.4 is 21.7 Å². The fourth-order valence-corrected chi connectivity index (χ4v) is 4.11. The predicted octanol–water partition coefficient (Wildman–Crippen LogP) is -1.63. The number of Topliss-reactive ketones (excluding diaryl/α,β-unsaturated/α-hetero) is 1. The normalized spacial score (nSPS) is 13.7. The molecule has 1 aromatic carbocycles. The standard InChI is InChI=1S/C29H40N4O13/c1-4-15(2)23(25(30)40)33-27(42)19(11-14-22(37)38)32-26(41)18(10-13-21(35)36)31-20(34)12-7-16-5-8-17(9-6-16)24(39)29(44,45)28(43)46-3/h5-6,8-9,15,18-19,23,44-45H,4,7,10-14H2,1-3H3,(H2,30,40)(H,31,34)(H,32,41)(H,33,42)(H,35,36)(H,37,38)/t15-,18-,19-,23-/m0/s1. The highest BCUT2D eigenvalue weighted by Gasteiger charge is 2.43. The van der Waals surface area contributed by atoms with Crippen molar-refractivity contribution in [2.45, 2.75) is 82.7 Å². The van der Waals surface area contributed by atoms with Gasteiger partial charge in [0.15, 0.2) is 0 Å². The summed E-state index contributed by atoms with van der Waals surface area (Å²) in [5.74, 6) is -12.6.